The Morgan fingerprint density at radius 3 is 1.45 bits per heavy atom. The molecule has 0 atom stereocenters. The van der Waals surface area contributed by atoms with Gasteiger partial charge in [-0.15, -0.1) is 0 Å². The molecule has 0 saturated heterocycles. The van der Waals surface area contributed by atoms with Gasteiger partial charge in [-0.2, -0.15) is 0 Å². The molecule has 2 heteroatoms. The number of nitrogens with zero attached hydrogens (tertiary/aromatic N) is 2. The molecule has 2 nitrogen and oxygen atoms in total. The summed E-state index contributed by atoms with van der Waals surface area (Å²) in [6.07, 6.45) is 6.78. The fourth-order valence-electron chi connectivity index (χ4n) is 13.0. The summed E-state index contributed by atoms with van der Waals surface area (Å²) in [6, 6.07) is 56.6. The molecule has 7 aromatic carbocycles. The lowest BCUT2D eigenvalue weighted by Gasteiger charge is -2.61. The van der Waals surface area contributed by atoms with E-state index in [2.05, 4.69) is 211 Å². The van der Waals surface area contributed by atoms with Gasteiger partial charge in [0.25, 0.3) is 0 Å². The molecule has 4 fully saturated rings. The maximum Gasteiger partial charge on any atom is 0.0543 e. The van der Waals surface area contributed by atoms with E-state index in [1.165, 1.54) is 110 Å². The zero-order chi connectivity index (χ0) is 42.7. The second kappa shape index (κ2) is 14.2. The Balaban J connectivity index is 1.17. The average Bonchev–Trinajstić information content (AvgIpc) is 3.52. The van der Waals surface area contributed by atoms with E-state index in [9.17, 15) is 0 Å². The van der Waals surface area contributed by atoms with E-state index in [1.807, 2.05) is 0 Å². The van der Waals surface area contributed by atoms with Crippen LogP contribution in [0.4, 0.5) is 34.1 Å². The van der Waals surface area contributed by atoms with Gasteiger partial charge in [0.15, 0.2) is 0 Å². The van der Waals surface area contributed by atoms with Crippen molar-refractivity contribution in [2.24, 2.45) is 23.7 Å². The molecule has 4 bridgehead atoms. The van der Waals surface area contributed by atoms with Crippen LogP contribution in [-0.2, 0) is 16.2 Å². The molecule has 5 aliphatic rings. The van der Waals surface area contributed by atoms with Crippen LogP contribution in [-0.4, -0.2) is 0 Å². The van der Waals surface area contributed by atoms with Crippen molar-refractivity contribution >= 4 is 44.9 Å². The molecule has 7 aromatic rings. The van der Waals surface area contributed by atoms with E-state index in [-0.39, 0.29) is 16.2 Å². The fourth-order valence-corrected chi connectivity index (χ4v) is 13.0. The SMILES string of the molecule is Cc1cccc(N(c2ccc(C(C)(C)C)cc2)c2ccc3c(c2)C2(c4cc(N(c5ccc(C(C)(C)C)cc5)c5cccc(C)c5)c5ccccc5c4-3)C3CC4CC(C3)CC2C4)c1. The monoisotopic (exact) mass is 810 g/mol. The number of fused-ring (bicyclic) bond motifs is 5. The lowest BCUT2D eigenvalue weighted by atomic mass is 9.43. The van der Waals surface area contributed by atoms with Gasteiger partial charge in [0.2, 0.25) is 0 Å². The molecule has 0 heterocycles. The van der Waals surface area contributed by atoms with E-state index >= 15 is 0 Å². The van der Waals surface area contributed by atoms with Crippen LogP contribution in [0, 0.1) is 37.5 Å². The summed E-state index contributed by atoms with van der Waals surface area (Å²) in [6.45, 7) is 18.3. The minimum atomic E-state index is -0.0460. The third kappa shape index (κ3) is 6.18. The Morgan fingerprint density at radius 1 is 0.435 bits per heavy atom. The number of hydrogen-bond acceptors (Lipinski definition) is 2. The highest BCUT2D eigenvalue weighted by atomic mass is 15.1. The van der Waals surface area contributed by atoms with Crippen LogP contribution >= 0.6 is 0 Å². The average molecular weight is 811 g/mol. The van der Waals surface area contributed by atoms with Gasteiger partial charge < -0.3 is 9.80 Å². The first kappa shape index (κ1) is 39.3. The van der Waals surface area contributed by atoms with Crippen LogP contribution in [0.1, 0.15) is 107 Å². The maximum absolute atomic E-state index is 2.70. The summed E-state index contributed by atoms with van der Waals surface area (Å²) >= 11 is 0. The Labute approximate surface area is 370 Å². The Morgan fingerprint density at radius 2 is 0.919 bits per heavy atom. The third-order valence-electron chi connectivity index (χ3n) is 15.6. The predicted octanol–water partition coefficient (Wildman–Crippen LogP) is 16.7. The van der Waals surface area contributed by atoms with E-state index in [1.54, 1.807) is 11.1 Å². The van der Waals surface area contributed by atoms with Gasteiger partial charge in [-0.1, -0.05) is 120 Å². The van der Waals surface area contributed by atoms with Crippen LogP contribution in [0.3, 0.4) is 0 Å². The summed E-state index contributed by atoms with van der Waals surface area (Å²) < 4.78 is 0. The summed E-state index contributed by atoms with van der Waals surface area (Å²) in [7, 11) is 0. The third-order valence-corrected chi connectivity index (χ3v) is 15.6. The molecule has 0 aliphatic heterocycles. The highest BCUT2D eigenvalue weighted by Crippen LogP contribution is 2.71. The summed E-state index contributed by atoms with van der Waals surface area (Å²) in [5, 5.41) is 2.68. The van der Waals surface area contributed by atoms with Crippen LogP contribution in [0.15, 0.2) is 146 Å². The minimum Gasteiger partial charge on any atom is -0.310 e. The lowest BCUT2D eigenvalue weighted by Crippen LogP contribution is -2.55. The summed E-state index contributed by atoms with van der Waals surface area (Å²) in [5.41, 5.74) is 18.8. The normalized spacial score (nSPS) is 22.3. The number of benzene rings is 7. The summed E-state index contributed by atoms with van der Waals surface area (Å²) in [4.78, 5) is 5.09. The molecule has 0 N–H and O–H groups in total. The van der Waals surface area contributed by atoms with E-state index < -0.39 is 0 Å². The van der Waals surface area contributed by atoms with Gasteiger partial charge in [0.1, 0.15) is 0 Å². The fraction of sp³-hybridized carbons (Fsp3) is 0.333. The molecule has 312 valence electrons. The van der Waals surface area contributed by atoms with Gasteiger partial charge in [0, 0.05) is 39.2 Å². The largest absolute Gasteiger partial charge is 0.310 e. The van der Waals surface area contributed by atoms with Crippen molar-refractivity contribution in [1.29, 1.82) is 0 Å². The van der Waals surface area contributed by atoms with Gasteiger partial charge in [0.05, 0.1) is 5.69 Å². The van der Waals surface area contributed by atoms with Crippen molar-refractivity contribution in [3.63, 3.8) is 0 Å². The van der Waals surface area contributed by atoms with Crippen molar-refractivity contribution in [3.8, 4) is 11.1 Å². The number of hydrogen-bond donors (Lipinski definition) is 0. The molecule has 12 rings (SSSR count). The van der Waals surface area contributed by atoms with Gasteiger partial charge >= 0.3 is 0 Å². The molecular formula is C60H62N2. The van der Waals surface area contributed by atoms with E-state index in [0.717, 1.165) is 11.8 Å². The van der Waals surface area contributed by atoms with Crippen molar-refractivity contribution in [2.75, 3.05) is 9.80 Å². The molecule has 0 amide bonds. The van der Waals surface area contributed by atoms with Gasteiger partial charge in [-0.05, 0) is 197 Å². The first-order valence-electron chi connectivity index (χ1n) is 23.4. The zero-order valence-corrected chi connectivity index (χ0v) is 38.1. The zero-order valence-electron chi connectivity index (χ0n) is 38.1. The summed E-state index contributed by atoms with van der Waals surface area (Å²) in [5.74, 6) is 2.96. The Bertz CT molecular complexity index is 2820. The molecule has 1 spiro atoms. The first-order chi connectivity index (χ1) is 29.8. The van der Waals surface area contributed by atoms with E-state index in [0.29, 0.717) is 11.8 Å². The highest BCUT2D eigenvalue weighted by molar-refractivity contribution is 6.10. The van der Waals surface area contributed by atoms with Crippen LogP contribution in [0.25, 0.3) is 21.9 Å². The molecule has 0 aromatic heterocycles. The topological polar surface area (TPSA) is 6.48 Å². The van der Waals surface area contributed by atoms with Crippen molar-refractivity contribution < 1.29 is 0 Å². The Kier molecular flexibility index (Phi) is 9.00. The van der Waals surface area contributed by atoms with Crippen LogP contribution in [0.2, 0.25) is 0 Å². The van der Waals surface area contributed by atoms with Gasteiger partial charge in [-0.25, -0.2) is 0 Å². The quantitative estimate of drug-likeness (QED) is 0.165. The second-order valence-electron chi connectivity index (χ2n) is 21.7. The molecule has 0 unspecified atom stereocenters. The second-order valence-corrected chi connectivity index (χ2v) is 21.7. The number of rotatable bonds is 6. The van der Waals surface area contributed by atoms with Crippen LogP contribution in [0.5, 0.6) is 0 Å². The molecular weight excluding hydrogens is 749 g/mol. The first-order valence-corrected chi connectivity index (χ1v) is 23.4. The standard InChI is InChI=1S/C60H62N2/c1-38-13-11-15-48(29-38)61(46-23-19-42(20-24-46)58(3,4)5)50-27-28-53-54(36-50)60(44-32-40-31-41(34-44)35-45(60)33-40)55-37-56(51-17-9-10-18-52(51)57(53)55)62(49-16-12-14-39(2)30-49)47-25-21-43(22-26-47)59(6,7)8/h9-30,36-37,40-41,44-45H,31-35H2,1-8H3. The smallest absolute Gasteiger partial charge is 0.0543 e. The Hall–Kier alpha value is -5.60. The van der Waals surface area contributed by atoms with E-state index in [4.69, 9.17) is 0 Å². The molecule has 62 heavy (non-hydrogen) atoms. The van der Waals surface area contributed by atoms with Crippen LogP contribution < -0.4 is 9.80 Å². The predicted molar refractivity (Wildman–Crippen MR) is 263 cm³/mol. The number of aryl methyl sites for hydroxylation is 2. The minimum absolute atomic E-state index is 0.0460. The highest BCUT2D eigenvalue weighted by Gasteiger charge is 2.62. The lowest BCUT2D eigenvalue weighted by molar-refractivity contribution is -0.0398. The molecule has 4 saturated carbocycles. The van der Waals surface area contributed by atoms with Crippen molar-refractivity contribution in [3.05, 3.63) is 179 Å². The van der Waals surface area contributed by atoms with Gasteiger partial charge in [-0.3, -0.25) is 0 Å². The molecule has 5 aliphatic carbocycles. The number of anilines is 6. The van der Waals surface area contributed by atoms with Crippen molar-refractivity contribution in [2.45, 2.75) is 104 Å². The van der Waals surface area contributed by atoms with Crippen molar-refractivity contribution in [1.82, 2.24) is 0 Å². The maximum atomic E-state index is 2.70. The molecule has 0 radical (unpaired) electrons.